The van der Waals surface area contributed by atoms with Crippen LogP contribution in [0.15, 0.2) is 0 Å². The van der Waals surface area contributed by atoms with Gasteiger partial charge in [-0.1, -0.05) is 119 Å². The molecule has 0 aliphatic heterocycles. The van der Waals surface area contributed by atoms with Crippen molar-refractivity contribution >= 4 is 0 Å². The molecule has 0 saturated heterocycles. The minimum absolute atomic E-state index is 0.136. The fraction of sp³-hybridized carbons (Fsp3) is 1.00. The molecule has 0 radical (unpaired) electrons. The molecule has 0 atom stereocenters. The molecule has 164 valence electrons. The van der Waals surface area contributed by atoms with Gasteiger partial charge in [-0.3, -0.25) is 0 Å². The molecule has 0 amide bonds. The minimum atomic E-state index is 0.136. The highest BCUT2D eigenvalue weighted by Crippen LogP contribution is 2.42. The van der Waals surface area contributed by atoms with Crippen molar-refractivity contribution in [2.24, 2.45) is 0 Å². The smallest absolute Gasteiger partial charge is 0.0690 e. The van der Waals surface area contributed by atoms with Gasteiger partial charge in [-0.2, -0.15) is 0 Å². The molecule has 0 aromatic heterocycles. The molecule has 0 heterocycles. The lowest BCUT2D eigenvalue weighted by Gasteiger charge is -2.46. The van der Waals surface area contributed by atoms with Gasteiger partial charge in [-0.15, -0.1) is 0 Å². The highest BCUT2D eigenvalue weighted by molar-refractivity contribution is 4.90. The van der Waals surface area contributed by atoms with Gasteiger partial charge in [0.2, 0.25) is 0 Å². The topological polar surface area (TPSA) is 9.23 Å². The zero-order valence-electron chi connectivity index (χ0n) is 20.1. The maximum atomic E-state index is 7.44. The number of unbranched alkanes of at least 4 members (excludes halogenated alkanes) is 6. The third-order valence-corrected chi connectivity index (χ3v) is 6.35. The van der Waals surface area contributed by atoms with Crippen LogP contribution in [0.2, 0.25) is 0 Å². The number of hydrogen-bond acceptors (Lipinski definition) is 1. The Kier molecular flexibility index (Phi) is 16.8. The van der Waals surface area contributed by atoms with E-state index in [-0.39, 0.29) is 11.2 Å². The molecule has 0 unspecified atom stereocenters. The van der Waals surface area contributed by atoms with E-state index in [0.717, 1.165) is 0 Å². The Morgan fingerprint density at radius 3 is 0.704 bits per heavy atom. The van der Waals surface area contributed by atoms with Crippen LogP contribution in [0.3, 0.4) is 0 Å². The lowest BCUT2D eigenvalue weighted by molar-refractivity contribution is -0.182. The van der Waals surface area contributed by atoms with Crippen molar-refractivity contribution in [1.29, 1.82) is 0 Å². The van der Waals surface area contributed by atoms with E-state index in [0.29, 0.717) is 0 Å². The highest BCUT2D eigenvalue weighted by atomic mass is 16.5. The molecule has 0 aliphatic carbocycles. The van der Waals surface area contributed by atoms with Crippen molar-refractivity contribution in [1.82, 2.24) is 0 Å². The SMILES string of the molecule is CCCCC(CCCC)(CCCC)OC(CCCC)(CCCC)CCCC. The van der Waals surface area contributed by atoms with E-state index in [4.69, 9.17) is 4.74 Å². The van der Waals surface area contributed by atoms with Gasteiger partial charge in [-0.25, -0.2) is 0 Å². The van der Waals surface area contributed by atoms with Crippen molar-refractivity contribution in [3.05, 3.63) is 0 Å². The van der Waals surface area contributed by atoms with Crippen molar-refractivity contribution in [3.63, 3.8) is 0 Å². The Morgan fingerprint density at radius 1 is 0.370 bits per heavy atom. The summed E-state index contributed by atoms with van der Waals surface area (Å²) in [6.45, 7) is 14.0. The zero-order chi connectivity index (χ0) is 20.4. The van der Waals surface area contributed by atoms with Gasteiger partial charge in [0.15, 0.2) is 0 Å². The first-order chi connectivity index (χ1) is 13.1. The second kappa shape index (κ2) is 16.9. The van der Waals surface area contributed by atoms with Crippen LogP contribution >= 0.6 is 0 Å². The highest BCUT2D eigenvalue weighted by Gasteiger charge is 2.39. The van der Waals surface area contributed by atoms with Crippen LogP contribution in [-0.4, -0.2) is 11.2 Å². The van der Waals surface area contributed by atoms with Gasteiger partial charge in [0, 0.05) is 0 Å². The second-order valence-electron chi connectivity index (χ2n) is 9.09. The molecule has 0 fully saturated rings. The predicted molar refractivity (Wildman–Crippen MR) is 124 cm³/mol. The van der Waals surface area contributed by atoms with Gasteiger partial charge in [0.05, 0.1) is 11.2 Å². The molecule has 0 aromatic rings. The lowest BCUT2D eigenvalue weighted by Crippen LogP contribution is -2.45. The van der Waals surface area contributed by atoms with E-state index in [1.165, 1.54) is 116 Å². The van der Waals surface area contributed by atoms with Crippen molar-refractivity contribution in [3.8, 4) is 0 Å². The summed E-state index contributed by atoms with van der Waals surface area (Å²) in [5, 5.41) is 0. The largest absolute Gasteiger partial charge is 0.369 e. The van der Waals surface area contributed by atoms with Gasteiger partial charge in [0.25, 0.3) is 0 Å². The Bertz CT molecular complexity index is 236. The number of hydrogen-bond donors (Lipinski definition) is 0. The number of rotatable bonds is 20. The van der Waals surface area contributed by atoms with Crippen LogP contribution in [0.4, 0.5) is 0 Å². The van der Waals surface area contributed by atoms with Gasteiger partial charge in [-0.05, 0) is 38.5 Å². The van der Waals surface area contributed by atoms with E-state index in [1.807, 2.05) is 0 Å². The van der Waals surface area contributed by atoms with Crippen LogP contribution in [-0.2, 0) is 4.74 Å². The van der Waals surface area contributed by atoms with Gasteiger partial charge in [0.1, 0.15) is 0 Å². The summed E-state index contributed by atoms with van der Waals surface area (Å²) in [5.74, 6) is 0. The van der Waals surface area contributed by atoms with E-state index < -0.39 is 0 Å². The molecule has 0 saturated carbocycles. The predicted octanol–water partition coefficient (Wildman–Crippen LogP) is 9.62. The van der Waals surface area contributed by atoms with Crippen LogP contribution < -0.4 is 0 Å². The normalized spacial score (nSPS) is 12.7. The number of ether oxygens (including phenoxy) is 1. The monoisotopic (exact) mass is 382 g/mol. The fourth-order valence-electron chi connectivity index (χ4n) is 4.51. The average molecular weight is 383 g/mol. The molecule has 0 spiro atoms. The first-order valence-electron chi connectivity index (χ1n) is 12.8. The van der Waals surface area contributed by atoms with Crippen molar-refractivity contribution in [2.45, 2.75) is 168 Å². The second-order valence-corrected chi connectivity index (χ2v) is 9.09. The molecular weight excluding hydrogens is 328 g/mol. The maximum absolute atomic E-state index is 7.44. The summed E-state index contributed by atoms with van der Waals surface area (Å²) in [6, 6.07) is 0. The fourth-order valence-corrected chi connectivity index (χ4v) is 4.51. The molecule has 0 N–H and O–H groups in total. The van der Waals surface area contributed by atoms with Crippen LogP contribution in [0.5, 0.6) is 0 Å². The Labute approximate surface area is 173 Å². The minimum Gasteiger partial charge on any atom is -0.369 e. The van der Waals surface area contributed by atoms with Crippen LogP contribution in [0.25, 0.3) is 0 Å². The lowest BCUT2D eigenvalue weighted by atomic mass is 9.81. The Morgan fingerprint density at radius 2 is 0.556 bits per heavy atom. The Hall–Kier alpha value is -0.0400. The first-order valence-corrected chi connectivity index (χ1v) is 12.8. The maximum Gasteiger partial charge on any atom is 0.0690 e. The van der Waals surface area contributed by atoms with Crippen molar-refractivity contribution < 1.29 is 4.74 Å². The van der Waals surface area contributed by atoms with E-state index in [1.54, 1.807) is 0 Å². The third kappa shape index (κ3) is 11.5. The molecule has 27 heavy (non-hydrogen) atoms. The third-order valence-electron chi connectivity index (χ3n) is 6.35. The quantitative estimate of drug-likeness (QED) is 0.203. The molecular formula is C26H54O. The zero-order valence-corrected chi connectivity index (χ0v) is 20.1. The van der Waals surface area contributed by atoms with Gasteiger partial charge < -0.3 is 4.74 Å². The van der Waals surface area contributed by atoms with E-state index in [2.05, 4.69) is 41.5 Å². The standard InChI is InChI=1S/C26H54O/c1-7-13-19-25(20-14-8-2,21-15-9-3)27-26(22-16-10-4,23-17-11-5)24-18-12-6/h7-24H2,1-6H3. The van der Waals surface area contributed by atoms with Crippen LogP contribution in [0, 0.1) is 0 Å². The summed E-state index contributed by atoms with van der Waals surface area (Å²) in [7, 11) is 0. The summed E-state index contributed by atoms with van der Waals surface area (Å²) < 4.78 is 7.44. The van der Waals surface area contributed by atoms with Gasteiger partial charge >= 0.3 is 0 Å². The van der Waals surface area contributed by atoms with Crippen molar-refractivity contribution in [2.75, 3.05) is 0 Å². The summed E-state index contributed by atoms with van der Waals surface area (Å²) >= 11 is 0. The summed E-state index contributed by atoms with van der Waals surface area (Å²) in [6.07, 6.45) is 23.3. The summed E-state index contributed by atoms with van der Waals surface area (Å²) in [4.78, 5) is 0. The Balaban J connectivity index is 5.66. The molecule has 0 rings (SSSR count). The molecule has 1 heteroatoms. The molecule has 0 aromatic carbocycles. The average Bonchev–Trinajstić information content (AvgIpc) is 2.70. The van der Waals surface area contributed by atoms with E-state index in [9.17, 15) is 0 Å². The van der Waals surface area contributed by atoms with Crippen LogP contribution in [0.1, 0.15) is 157 Å². The molecule has 0 bridgehead atoms. The summed E-state index contributed by atoms with van der Waals surface area (Å²) in [5.41, 5.74) is 0.272. The molecule has 0 aliphatic rings. The molecule has 1 nitrogen and oxygen atoms in total. The first kappa shape index (κ1) is 27.0. The van der Waals surface area contributed by atoms with E-state index >= 15 is 0 Å².